The van der Waals surface area contributed by atoms with Crippen molar-refractivity contribution in [3.05, 3.63) is 65.2 Å². The van der Waals surface area contributed by atoms with E-state index in [1.807, 2.05) is 31.2 Å². The highest BCUT2D eigenvalue weighted by Crippen LogP contribution is 2.10. The van der Waals surface area contributed by atoms with Crippen LogP contribution < -0.4 is 5.32 Å². The van der Waals surface area contributed by atoms with Crippen LogP contribution in [-0.2, 0) is 11.2 Å². The molecule has 3 heteroatoms. The zero-order valence-corrected chi connectivity index (χ0v) is 10.7. The normalized spacial score (nSPS) is 9.95. The van der Waals surface area contributed by atoms with E-state index >= 15 is 0 Å². The monoisotopic (exact) mass is 253 g/mol. The quantitative estimate of drug-likeness (QED) is 0.851. The SMILES string of the molecule is Cc1ccc(CC(=O)Nc2cccc(C=O)c2)cc1. The third-order valence-electron chi connectivity index (χ3n) is 2.79. The van der Waals surface area contributed by atoms with Crippen molar-refractivity contribution >= 4 is 17.9 Å². The van der Waals surface area contributed by atoms with Gasteiger partial charge in [-0.3, -0.25) is 9.59 Å². The van der Waals surface area contributed by atoms with Gasteiger partial charge in [0, 0.05) is 11.3 Å². The summed E-state index contributed by atoms with van der Waals surface area (Å²) in [6.07, 6.45) is 1.08. The maximum Gasteiger partial charge on any atom is 0.228 e. The van der Waals surface area contributed by atoms with Gasteiger partial charge in [-0.05, 0) is 24.6 Å². The molecule has 0 fully saturated rings. The Bertz CT molecular complexity index is 588. The molecule has 2 aromatic rings. The van der Waals surface area contributed by atoms with Gasteiger partial charge in [-0.15, -0.1) is 0 Å². The second-order valence-electron chi connectivity index (χ2n) is 4.45. The summed E-state index contributed by atoms with van der Waals surface area (Å²) >= 11 is 0. The van der Waals surface area contributed by atoms with Crippen LogP contribution in [0.2, 0.25) is 0 Å². The fourth-order valence-electron chi connectivity index (χ4n) is 1.79. The molecule has 19 heavy (non-hydrogen) atoms. The van der Waals surface area contributed by atoms with Gasteiger partial charge in [-0.1, -0.05) is 42.0 Å². The minimum Gasteiger partial charge on any atom is -0.326 e. The predicted molar refractivity (Wildman–Crippen MR) is 75.3 cm³/mol. The first-order valence-electron chi connectivity index (χ1n) is 6.08. The molecule has 2 rings (SSSR count). The van der Waals surface area contributed by atoms with Crippen LogP contribution in [0, 0.1) is 6.92 Å². The van der Waals surface area contributed by atoms with Crippen molar-refractivity contribution in [2.24, 2.45) is 0 Å². The van der Waals surface area contributed by atoms with Crippen LogP contribution >= 0.6 is 0 Å². The molecule has 0 aliphatic rings. The molecule has 2 aromatic carbocycles. The van der Waals surface area contributed by atoms with Crippen LogP contribution in [0.5, 0.6) is 0 Å². The molecule has 0 aliphatic heterocycles. The molecule has 0 bridgehead atoms. The van der Waals surface area contributed by atoms with Crippen LogP contribution in [0.4, 0.5) is 5.69 Å². The molecular formula is C16H15NO2. The molecule has 0 aliphatic carbocycles. The van der Waals surface area contributed by atoms with Crippen molar-refractivity contribution in [3.63, 3.8) is 0 Å². The van der Waals surface area contributed by atoms with E-state index < -0.39 is 0 Å². The summed E-state index contributed by atoms with van der Waals surface area (Å²) in [6, 6.07) is 14.7. The number of hydrogen-bond acceptors (Lipinski definition) is 2. The summed E-state index contributed by atoms with van der Waals surface area (Å²) in [5, 5.41) is 2.78. The number of carbonyl (C=O) groups is 2. The molecule has 96 valence electrons. The Morgan fingerprint density at radius 2 is 1.89 bits per heavy atom. The molecule has 0 atom stereocenters. The molecule has 0 unspecified atom stereocenters. The Labute approximate surface area is 112 Å². The zero-order chi connectivity index (χ0) is 13.7. The topological polar surface area (TPSA) is 46.2 Å². The van der Waals surface area contributed by atoms with Crippen molar-refractivity contribution < 1.29 is 9.59 Å². The average Bonchev–Trinajstić information content (AvgIpc) is 2.41. The number of aryl methyl sites for hydroxylation is 1. The lowest BCUT2D eigenvalue weighted by molar-refractivity contribution is -0.115. The van der Waals surface area contributed by atoms with E-state index in [1.54, 1.807) is 24.3 Å². The Balaban J connectivity index is 2.00. The second-order valence-corrected chi connectivity index (χ2v) is 4.45. The number of anilines is 1. The first-order valence-corrected chi connectivity index (χ1v) is 6.08. The van der Waals surface area contributed by atoms with Crippen molar-refractivity contribution in [3.8, 4) is 0 Å². The average molecular weight is 253 g/mol. The Morgan fingerprint density at radius 3 is 2.58 bits per heavy atom. The van der Waals surface area contributed by atoms with Crippen LogP contribution in [0.3, 0.4) is 0 Å². The highest BCUT2D eigenvalue weighted by molar-refractivity contribution is 5.93. The molecule has 0 heterocycles. The lowest BCUT2D eigenvalue weighted by Crippen LogP contribution is -2.14. The third-order valence-corrected chi connectivity index (χ3v) is 2.79. The number of nitrogens with one attached hydrogen (secondary N) is 1. The summed E-state index contributed by atoms with van der Waals surface area (Å²) in [5.41, 5.74) is 3.33. The first kappa shape index (κ1) is 13.0. The van der Waals surface area contributed by atoms with Crippen LogP contribution in [0.15, 0.2) is 48.5 Å². The predicted octanol–water partition coefficient (Wildman–Crippen LogP) is 2.99. The van der Waals surface area contributed by atoms with Crippen molar-refractivity contribution in [1.82, 2.24) is 0 Å². The molecule has 1 amide bonds. The van der Waals surface area contributed by atoms with E-state index in [0.29, 0.717) is 17.7 Å². The van der Waals surface area contributed by atoms with E-state index in [0.717, 1.165) is 11.8 Å². The number of rotatable bonds is 4. The van der Waals surface area contributed by atoms with Crippen molar-refractivity contribution in [1.29, 1.82) is 0 Å². The largest absolute Gasteiger partial charge is 0.326 e. The van der Waals surface area contributed by atoms with Gasteiger partial charge in [-0.25, -0.2) is 0 Å². The zero-order valence-electron chi connectivity index (χ0n) is 10.7. The van der Waals surface area contributed by atoms with E-state index in [2.05, 4.69) is 5.32 Å². The Morgan fingerprint density at radius 1 is 1.16 bits per heavy atom. The molecule has 0 saturated heterocycles. The summed E-state index contributed by atoms with van der Waals surface area (Å²) < 4.78 is 0. The first-order chi connectivity index (χ1) is 9.17. The molecule has 0 aromatic heterocycles. The van der Waals surface area contributed by atoms with Crippen LogP contribution in [0.25, 0.3) is 0 Å². The summed E-state index contributed by atoms with van der Waals surface area (Å²) in [4.78, 5) is 22.5. The van der Waals surface area contributed by atoms with Crippen molar-refractivity contribution in [2.45, 2.75) is 13.3 Å². The highest BCUT2D eigenvalue weighted by Gasteiger charge is 2.04. The summed E-state index contributed by atoms with van der Waals surface area (Å²) in [5.74, 6) is -0.0908. The van der Waals surface area contributed by atoms with Gasteiger partial charge in [0.15, 0.2) is 0 Å². The van der Waals surface area contributed by atoms with Gasteiger partial charge in [0.2, 0.25) is 5.91 Å². The van der Waals surface area contributed by atoms with E-state index in [9.17, 15) is 9.59 Å². The fourth-order valence-corrected chi connectivity index (χ4v) is 1.79. The minimum absolute atomic E-state index is 0.0908. The van der Waals surface area contributed by atoms with Crippen molar-refractivity contribution in [2.75, 3.05) is 5.32 Å². The highest BCUT2D eigenvalue weighted by atomic mass is 16.1. The number of amides is 1. The maximum atomic E-state index is 11.9. The van der Waals surface area contributed by atoms with Gasteiger partial charge >= 0.3 is 0 Å². The number of benzene rings is 2. The Hall–Kier alpha value is -2.42. The number of aldehydes is 1. The van der Waals surface area contributed by atoms with Gasteiger partial charge in [0.05, 0.1) is 6.42 Å². The van der Waals surface area contributed by atoms with E-state index in [4.69, 9.17) is 0 Å². The molecule has 3 nitrogen and oxygen atoms in total. The van der Waals surface area contributed by atoms with E-state index in [1.165, 1.54) is 5.56 Å². The number of hydrogen-bond donors (Lipinski definition) is 1. The lowest BCUT2D eigenvalue weighted by Gasteiger charge is -2.06. The van der Waals surface area contributed by atoms with Crippen LogP contribution in [0.1, 0.15) is 21.5 Å². The smallest absolute Gasteiger partial charge is 0.228 e. The minimum atomic E-state index is -0.0908. The second kappa shape index (κ2) is 5.96. The van der Waals surface area contributed by atoms with Gasteiger partial charge in [-0.2, -0.15) is 0 Å². The molecule has 0 radical (unpaired) electrons. The lowest BCUT2D eigenvalue weighted by atomic mass is 10.1. The fraction of sp³-hybridized carbons (Fsp3) is 0.125. The van der Waals surface area contributed by atoms with Crippen LogP contribution in [-0.4, -0.2) is 12.2 Å². The van der Waals surface area contributed by atoms with Gasteiger partial charge < -0.3 is 5.32 Å². The maximum absolute atomic E-state index is 11.9. The molecular weight excluding hydrogens is 238 g/mol. The van der Waals surface area contributed by atoms with Gasteiger partial charge in [0.25, 0.3) is 0 Å². The summed E-state index contributed by atoms with van der Waals surface area (Å²) in [7, 11) is 0. The summed E-state index contributed by atoms with van der Waals surface area (Å²) in [6.45, 7) is 2.01. The van der Waals surface area contributed by atoms with E-state index in [-0.39, 0.29) is 5.91 Å². The molecule has 1 N–H and O–H groups in total. The standard InChI is InChI=1S/C16H15NO2/c1-12-5-7-13(8-6-12)10-16(19)17-15-4-2-3-14(9-15)11-18/h2-9,11H,10H2,1H3,(H,17,19). The number of carbonyl (C=O) groups excluding carboxylic acids is 2. The molecule has 0 saturated carbocycles. The Kier molecular flexibility index (Phi) is 4.08. The van der Waals surface area contributed by atoms with Gasteiger partial charge in [0.1, 0.15) is 6.29 Å². The molecule has 0 spiro atoms. The third kappa shape index (κ3) is 3.78.